The van der Waals surface area contributed by atoms with Crippen molar-refractivity contribution in [3.63, 3.8) is 0 Å². The lowest BCUT2D eigenvalue weighted by molar-refractivity contribution is 0.602. The van der Waals surface area contributed by atoms with Gasteiger partial charge >= 0.3 is 0 Å². The van der Waals surface area contributed by atoms with Crippen molar-refractivity contribution in [3.05, 3.63) is 53.8 Å². The quantitative estimate of drug-likeness (QED) is 0.770. The number of nitrogens with one attached hydrogen (secondary N) is 1. The molecule has 0 aliphatic heterocycles. The molecule has 4 rings (SSSR count). The Morgan fingerprint density at radius 3 is 2.83 bits per heavy atom. The van der Waals surface area contributed by atoms with Crippen LogP contribution >= 0.6 is 11.3 Å². The number of hydrogen-bond donors (Lipinski definition) is 1. The normalized spacial score (nSPS) is 14.8. The largest absolute Gasteiger partial charge is 0.275 e. The fraction of sp³-hybridized carbons (Fsp3) is 0.200. The van der Waals surface area contributed by atoms with Crippen LogP contribution in [0.2, 0.25) is 0 Å². The highest BCUT2D eigenvalue weighted by atomic mass is 32.2. The third kappa shape index (κ3) is 2.75. The number of sulfonamides is 1. The second kappa shape index (κ2) is 5.47. The number of pyridine rings is 1. The Balaban J connectivity index is 1.72. The van der Waals surface area contributed by atoms with Crippen molar-refractivity contribution in [1.29, 1.82) is 0 Å². The molecule has 6 nitrogen and oxygen atoms in total. The molecule has 1 aliphatic rings. The molecule has 8 heteroatoms. The fourth-order valence-electron chi connectivity index (χ4n) is 2.47. The van der Waals surface area contributed by atoms with E-state index in [1.807, 2.05) is 11.4 Å². The van der Waals surface area contributed by atoms with Crippen LogP contribution in [0.3, 0.4) is 0 Å². The molecule has 1 fully saturated rings. The Morgan fingerprint density at radius 2 is 2.09 bits per heavy atom. The topological polar surface area (TPSA) is 76.9 Å². The van der Waals surface area contributed by atoms with Crippen LogP contribution in [-0.4, -0.2) is 23.2 Å². The van der Waals surface area contributed by atoms with Crippen LogP contribution in [0, 0.1) is 0 Å². The SMILES string of the molecule is O=S(=O)(Nc1cccnc1-n1cccn1)c1sccc1C1CC1. The first-order valence-corrected chi connectivity index (χ1v) is 9.57. The summed E-state index contributed by atoms with van der Waals surface area (Å²) >= 11 is 1.25. The summed E-state index contributed by atoms with van der Waals surface area (Å²) in [5, 5.41) is 5.95. The summed E-state index contributed by atoms with van der Waals surface area (Å²) in [7, 11) is -3.63. The molecule has 3 heterocycles. The zero-order chi connectivity index (χ0) is 15.9. The van der Waals surface area contributed by atoms with Crippen LogP contribution in [0.1, 0.15) is 24.3 Å². The molecule has 0 bridgehead atoms. The van der Waals surface area contributed by atoms with E-state index >= 15 is 0 Å². The van der Waals surface area contributed by atoms with Gasteiger partial charge in [0.05, 0.1) is 5.69 Å². The maximum absolute atomic E-state index is 12.8. The molecule has 0 radical (unpaired) electrons. The molecule has 0 amide bonds. The van der Waals surface area contributed by atoms with Gasteiger partial charge in [-0.25, -0.2) is 18.1 Å². The molecule has 3 aromatic rings. The van der Waals surface area contributed by atoms with Crippen molar-refractivity contribution >= 4 is 27.0 Å². The van der Waals surface area contributed by atoms with E-state index in [1.54, 1.807) is 36.8 Å². The molecule has 1 aliphatic carbocycles. The molecule has 0 spiro atoms. The third-order valence-corrected chi connectivity index (χ3v) is 6.55. The van der Waals surface area contributed by atoms with E-state index in [9.17, 15) is 8.42 Å². The molecule has 0 unspecified atom stereocenters. The molecule has 118 valence electrons. The van der Waals surface area contributed by atoms with Crippen molar-refractivity contribution in [2.75, 3.05) is 4.72 Å². The minimum Gasteiger partial charge on any atom is -0.275 e. The Labute approximate surface area is 137 Å². The van der Waals surface area contributed by atoms with E-state index in [0.717, 1.165) is 18.4 Å². The highest BCUT2D eigenvalue weighted by Crippen LogP contribution is 2.45. The van der Waals surface area contributed by atoms with Crippen molar-refractivity contribution in [3.8, 4) is 5.82 Å². The summed E-state index contributed by atoms with van der Waals surface area (Å²) in [5.74, 6) is 0.831. The van der Waals surface area contributed by atoms with Crippen LogP contribution in [0.5, 0.6) is 0 Å². The van der Waals surface area contributed by atoms with E-state index < -0.39 is 10.0 Å². The van der Waals surface area contributed by atoms with E-state index in [1.165, 1.54) is 16.0 Å². The smallest absolute Gasteiger partial charge is 0.271 e. The second-order valence-corrected chi connectivity index (χ2v) is 8.16. The first kappa shape index (κ1) is 14.4. The minimum atomic E-state index is -3.63. The molecule has 0 atom stereocenters. The average molecular weight is 346 g/mol. The Kier molecular flexibility index (Phi) is 3.42. The van der Waals surface area contributed by atoms with Gasteiger partial charge in [-0.05, 0) is 54.0 Å². The van der Waals surface area contributed by atoms with E-state index in [0.29, 0.717) is 21.6 Å². The van der Waals surface area contributed by atoms with Gasteiger partial charge in [0.1, 0.15) is 4.21 Å². The van der Waals surface area contributed by atoms with Gasteiger partial charge in [-0.15, -0.1) is 11.3 Å². The highest BCUT2D eigenvalue weighted by Gasteiger charge is 2.31. The number of nitrogens with zero attached hydrogens (tertiary/aromatic N) is 3. The molecule has 1 saturated carbocycles. The Bertz CT molecular complexity index is 928. The van der Waals surface area contributed by atoms with Gasteiger partial charge in [-0.3, -0.25) is 4.72 Å². The molecule has 1 N–H and O–H groups in total. The van der Waals surface area contributed by atoms with Gasteiger partial charge in [0.2, 0.25) is 0 Å². The lowest BCUT2D eigenvalue weighted by atomic mass is 10.2. The van der Waals surface area contributed by atoms with Gasteiger partial charge in [-0.2, -0.15) is 5.10 Å². The molecular formula is C15H14N4O2S2. The number of anilines is 1. The third-order valence-electron chi connectivity index (χ3n) is 3.67. The fourth-order valence-corrected chi connectivity index (χ4v) is 5.06. The number of aromatic nitrogens is 3. The standard InChI is InChI=1S/C15H14N4O2S2/c20-23(21,15-12(6-10-22-15)11-4-5-11)18-13-3-1-7-16-14(13)19-9-2-8-17-19/h1-3,6-11,18H,4-5H2. The van der Waals surface area contributed by atoms with E-state index in [4.69, 9.17) is 0 Å². The molecule has 0 aromatic carbocycles. The van der Waals surface area contributed by atoms with Gasteiger partial charge in [0.15, 0.2) is 5.82 Å². The Morgan fingerprint density at radius 1 is 1.22 bits per heavy atom. The predicted molar refractivity (Wildman–Crippen MR) is 88.5 cm³/mol. The number of hydrogen-bond acceptors (Lipinski definition) is 5. The van der Waals surface area contributed by atoms with Crippen LogP contribution in [-0.2, 0) is 10.0 Å². The Hall–Kier alpha value is -2.19. The monoisotopic (exact) mass is 346 g/mol. The molecular weight excluding hydrogens is 332 g/mol. The highest BCUT2D eigenvalue weighted by molar-refractivity contribution is 7.94. The molecule has 0 saturated heterocycles. The number of thiophene rings is 1. The summed E-state index contributed by atoms with van der Waals surface area (Å²) in [6, 6.07) is 7.05. The van der Waals surface area contributed by atoms with Gasteiger partial charge in [0.25, 0.3) is 10.0 Å². The second-order valence-electron chi connectivity index (χ2n) is 5.37. The zero-order valence-electron chi connectivity index (χ0n) is 12.1. The predicted octanol–water partition coefficient (Wildman–Crippen LogP) is 3.01. The summed E-state index contributed by atoms with van der Waals surface area (Å²) in [4.78, 5) is 4.23. The van der Waals surface area contributed by atoms with Crippen molar-refractivity contribution in [1.82, 2.24) is 14.8 Å². The molecule has 23 heavy (non-hydrogen) atoms. The zero-order valence-corrected chi connectivity index (χ0v) is 13.7. The first-order chi connectivity index (χ1) is 11.1. The summed E-state index contributed by atoms with van der Waals surface area (Å²) < 4.78 is 30.2. The van der Waals surface area contributed by atoms with Crippen molar-refractivity contribution in [2.24, 2.45) is 0 Å². The van der Waals surface area contributed by atoms with Gasteiger partial charge in [0, 0.05) is 18.6 Å². The summed E-state index contributed by atoms with van der Waals surface area (Å²) in [6.45, 7) is 0. The lowest BCUT2D eigenvalue weighted by Crippen LogP contribution is -2.15. The summed E-state index contributed by atoms with van der Waals surface area (Å²) in [6.07, 6.45) is 7.07. The van der Waals surface area contributed by atoms with Crippen molar-refractivity contribution in [2.45, 2.75) is 23.0 Å². The van der Waals surface area contributed by atoms with Crippen LogP contribution < -0.4 is 4.72 Å². The average Bonchev–Trinajstić information content (AvgIpc) is 3.04. The maximum atomic E-state index is 12.8. The van der Waals surface area contributed by atoms with Crippen LogP contribution in [0.25, 0.3) is 5.82 Å². The van der Waals surface area contributed by atoms with Crippen molar-refractivity contribution < 1.29 is 8.42 Å². The van der Waals surface area contributed by atoms with E-state index in [2.05, 4.69) is 14.8 Å². The summed E-state index contributed by atoms with van der Waals surface area (Å²) in [5.41, 5.74) is 1.33. The van der Waals surface area contributed by atoms with Crippen LogP contribution in [0.15, 0.2) is 52.4 Å². The minimum absolute atomic E-state index is 0.382. The lowest BCUT2D eigenvalue weighted by Gasteiger charge is -2.11. The van der Waals surface area contributed by atoms with Gasteiger partial charge < -0.3 is 0 Å². The van der Waals surface area contributed by atoms with Gasteiger partial charge in [-0.1, -0.05) is 0 Å². The van der Waals surface area contributed by atoms with Crippen LogP contribution in [0.4, 0.5) is 5.69 Å². The first-order valence-electron chi connectivity index (χ1n) is 7.20. The number of rotatable bonds is 5. The maximum Gasteiger partial charge on any atom is 0.271 e. The van der Waals surface area contributed by atoms with E-state index in [-0.39, 0.29) is 0 Å². The molecule has 3 aromatic heterocycles.